The highest BCUT2D eigenvalue weighted by molar-refractivity contribution is 7.80. The molecule has 5 heteroatoms. The van der Waals surface area contributed by atoms with Crippen LogP contribution in [0, 0.1) is 13.8 Å². The van der Waals surface area contributed by atoms with E-state index in [1.54, 1.807) is 0 Å². The minimum absolute atomic E-state index is 0.0208. The summed E-state index contributed by atoms with van der Waals surface area (Å²) in [6, 6.07) is 17.1. The fourth-order valence-corrected chi connectivity index (χ4v) is 4.98. The number of rotatable bonds is 6. The summed E-state index contributed by atoms with van der Waals surface area (Å²) in [4.78, 5) is 18.2. The van der Waals surface area contributed by atoms with Crippen molar-refractivity contribution < 1.29 is 0 Å². The van der Waals surface area contributed by atoms with Crippen LogP contribution < -0.4 is 10.9 Å². The number of hydrogen-bond donors (Lipinski definition) is 2. The maximum Gasteiger partial charge on any atom is 0.253 e. The zero-order valence-corrected chi connectivity index (χ0v) is 19.2. The van der Waals surface area contributed by atoms with E-state index in [9.17, 15) is 4.79 Å². The van der Waals surface area contributed by atoms with E-state index in [0.29, 0.717) is 12.6 Å². The fraction of sp³-hybridized carbons (Fsp3) is 0.385. The van der Waals surface area contributed by atoms with E-state index in [1.807, 2.05) is 12.1 Å². The molecule has 4 rings (SSSR count). The van der Waals surface area contributed by atoms with Gasteiger partial charge in [-0.25, -0.2) is 0 Å². The summed E-state index contributed by atoms with van der Waals surface area (Å²) in [5.41, 5.74) is 5.29. The Labute approximate surface area is 189 Å². The summed E-state index contributed by atoms with van der Waals surface area (Å²) in [5, 5.41) is 5.31. The molecule has 2 aromatic carbocycles. The van der Waals surface area contributed by atoms with Crippen LogP contribution in [0.4, 0.5) is 0 Å². The second-order valence-electron chi connectivity index (χ2n) is 8.70. The maximum atomic E-state index is 12.9. The number of fused-ring (bicyclic) bond motifs is 1. The van der Waals surface area contributed by atoms with Gasteiger partial charge in [0.05, 0.1) is 6.54 Å². The van der Waals surface area contributed by atoms with E-state index < -0.39 is 0 Å². The van der Waals surface area contributed by atoms with Crippen molar-refractivity contribution in [3.8, 4) is 0 Å². The number of nitrogens with one attached hydrogen (secondary N) is 2. The normalized spacial score (nSPS) is 14.1. The topological polar surface area (TPSA) is 48.1 Å². The van der Waals surface area contributed by atoms with E-state index in [4.69, 9.17) is 12.2 Å². The van der Waals surface area contributed by atoms with Crippen LogP contribution in [0.25, 0.3) is 10.9 Å². The molecule has 0 aliphatic heterocycles. The molecule has 0 radical (unpaired) electrons. The van der Waals surface area contributed by atoms with E-state index in [0.717, 1.165) is 52.9 Å². The summed E-state index contributed by atoms with van der Waals surface area (Å²) in [6.07, 6.45) is 5.63. The van der Waals surface area contributed by atoms with Crippen LogP contribution in [-0.4, -0.2) is 27.6 Å². The van der Waals surface area contributed by atoms with Crippen LogP contribution in [-0.2, 0) is 13.0 Å². The van der Waals surface area contributed by atoms with Gasteiger partial charge >= 0.3 is 0 Å². The minimum Gasteiger partial charge on any atom is -0.362 e. The van der Waals surface area contributed by atoms with Crippen molar-refractivity contribution in [3.63, 3.8) is 0 Å². The van der Waals surface area contributed by atoms with E-state index in [-0.39, 0.29) is 5.56 Å². The van der Waals surface area contributed by atoms with Gasteiger partial charge in [-0.15, -0.1) is 0 Å². The van der Waals surface area contributed by atoms with Crippen LogP contribution in [0.5, 0.6) is 0 Å². The third-order valence-electron chi connectivity index (χ3n) is 6.29. The van der Waals surface area contributed by atoms with Gasteiger partial charge in [0.1, 0.15) is 0 Å². The molecule has 1 fully saturated rings. The molecule has 1 saturated carbocycles. The third kappa shape index (κ3) is 5.16. The molecule has 0 spiro atoms. The summed E-state index contributed by atoms with van der Waals surface area (Å²) < 4.78 is 0. The van der Waals surface area contributed by atoms with Crippen molar-refractivity contribution in [2.75, 3.05) is 6.54 Å². The Morgan fingerprint density at radius 3 is 2.61 bits per heavy atom. The van der Waals surface area contributed by atoms with Gasteiger partial charge in [-0.2, -0.15) is 0 Å². The van der Waals surface area contributed by atoms with E-state index >= 15 is 0 Å². The quantitative estimate of drug-likeness (QED) is 0.537. The molecule has 0 bridgehead atoms. The molecule has 0 atom stereocenters. The number of thiocarbonyl (C=S) groups is 1. The molecular formula is C26H31N3OS. The van der Waals surface area contributed by atoms with Crippen molar-refractivity contribution in [1.29, 1.82) is 0 Å². The average molecular weight is 434 g/mol. The molecule has 0 unspecified atom stereocenters. The van der Waals surface area contributed by atoms with Gasteiger partial charge in [-0.05, 0) is 74.2 Å². The average Bonchev–Trinajstić information content (AvgIpc) is 3.27. The van der Waals surface area contributed by atoms with Crippen molar-refractivity contribution in [3.05, 3.63) is 81.1 Å². The van der Waals surface area contributed by atoms with Crippen molar-refractivity contribution >= 4 is 28.2 Å². The summed E-state index contributed by atoms with van der Waals surface area (Å²) >= 11 is 5.81. The zero-order chi connectivity index (χ0) is 21.8. The molecule has 0 saturated heterocycles. The Bertz CT molecular complexity index is 1120. The van der Waals surface area contributed by atoms with Gasteiger partial charge in [-0.3, -0.25) is 4.79 Å². The summed E-state index contributed by atoms with van der Waals surface area (Å²) in [7, 11) is 0. The largest absolute Gasteiger partial charge is 0.362 e. The lowest BCUT2D eigenvalue weighted by Crippen LogP contribution is -2.45. The van der Waals surface area contributed by atoms with Crippen LogP contribution in [0.1, 0.15) is 47.9 Å². The predicted octanol–water partition coefficient (Wildman–Crippen LogP) is 5.01. The van der Waals surface area contributed by atoms with Crippen LogP contribution in [0.2, 0.25) is 0 Å². The molecule has 2 N–H and O–H groups in total. The van der Waals surface area contributed by atoms with Gasteiger partial charge in [0.2, 0.25) is 0 Å². The van der Waals surface area contributed by atoms with Gasteiger partial charge < -0.3 is 15.2 Å². The van der Waals surface area contributed by atoms with Crippen molar-refractivity contribution in [2.45, 2.75) is 58.5 Å². The lowest BCUT2D eigenvalue weighted by atomic mass is 10.0. The summed E-state index contributed by atoms with van der Waals surface area (Å²) in [5.74, 6) is 0. The lowest BCUT2D eigenvalue weighted by molar-refractivity contribution is 0.302. The Morgan fingerprint density at radius 2 is 1.87 bits per heavy atom. The summed E-state index contributed by atoms with van der Waals surface area (Å²) in [6.45, 7) is 5.49. The SMILES string of the molecule is Cc1cc(C)c2cc(CN(C(=S)NCCc3ccccc3)C3CCCC3)c(=O)[nH]c2c1. The predicted molar refractivity (Wildman–Crippen MR) is 133 cm³/mol. The number of aryl methyl sites for hydroxylation is 2. The van der Waals surface area contributed by atoms with Gasteiger partial charge in [-0.1, -0.05) is 49.2 Å². The second-order valence-corrected chi connectivity index (χ2v) is 9.09. The highest BCUT2D eigenvalue weighted by Gasteiger charge is 2.25. The second kappa shape index (κ2) is 9.65. The van der Waals surface area contributed by atoms with Crippen LogP contribution >= 0.6 is 12.2 Å². The highest BCUT2D eigenvalue weighted by atomic mass is 32.1. The van der Waals surface area contributed by atoms with Crippen LogP contribution in [0.3, 0.4) is 0 Å². The molecule has 0 amide bonds. The molecule has 1 heterocycles. The first kappa shape index (κ1) is 21.6. The smallest absolute Gasteiger partial charge is 0.253 e. The monoisotopic (exact) mass is 433 g/mol. The van der Waals surface area contributed by atoms with Gasteiger partial charge in [0.25, 0.3) is 5.56 Å². The molecule has 3 aromatic rings. The highest BCUT2D eigenvalue weighted by Crippen LogP contribution is 2.26. The molecule has 4 nitrogen and oxygen atoms in total. The fourth-order valence-electron chi connectivity index (χ4n) is 4.66. The standard InChI is InChI=1S/C26H31N3OS/c1-18-14-19(2)23-16-21(25(30)28-24(23)15-18)17-29(22-10-6-7-11-22)26(31)27-13-12-20-8-4-3-5-9-20/h3-5,8-9,14-16,22H,6-7,10-13,17H2,1-2H3,(H,27,31)(H,28,30). The molecule has 162 valence electrons. The Balaban J connectivity index is 1.53. The number of hydrogen-bond acceptors (Lipinski definition) is 2. The first-order valence-electron chi connectivity index (χ1n) is 11.2. The Kier molecular flexibility index (Phi) is 6.71. The molecule has 1 aromatic heterocycles. The first-order chi connectivity index (χ1) is 15.0. The number of H-pyrrole nitrogens is 1. The van der Waals surface area contributed by atoms with Gasteiger partial charge in [0.15, 0.2) is 5.11 Å². The maximum absolute atomic E-state index is 12.9. The lowest BCUT2D eigenvalue weighted by Gasteiger charge is -2.31. The minimum atomic E-state index is -0.0208. The van der Waals surface area contributed by atoms with E-state index in [1.165, 1.54) is 24.0 Å². The first-order valence-corrected chi connectivity index (χ1v) is 11.6. The van der Waals surface area contributed by atoms with Gasteiger partial charge in [0, 0.05) is 29.1 Å². The molecule has 1 aliphatic rings. The Morgan fingerprint density at radius 1 is 1.13 bits per heavy atom. The molecule has 1 aliphatic carbocycles. The molecular weight excluding hydrogens is 402 g/mol. The zero-order valence-electron chi connectivity index (χ0n) is 18.4. The number of aromatic amines is 1. The number of nitrogens with zero attached hydrogens (tertiary/aromatic N) is 1. The van der Waals surface area contributed by atoms with E-state index in [2.05, 4.69) is 65.4 Å². The van der Waals surface area contributed by atoms with Crippen LogP contribution in [0.15, 0.2) is 53.3 Å². The Hall–Kier alpha value is -2.66. The van der Waals surface area contributed by atoms with Crippen molar-refractivity contribution in [1.82, 2.24) is 15.2 Å². The number of aromatic nitrogens is 1. The van der Waals surface area contributed by atoms with Crippen molar-refractivity contribution in [2.24, 2.45) is 0 Å². The molecule has 31 heavy (non-hydrogen) atoms. The third-order valence-corrected chi connectivity index (χ3v) is 6.67. The number of pyridine rings is 1. The number of benzene rings is 2.